The normalized spacial score (nSPS) is 18.1. The molecule has 2 aliphatic heterocycles. The molecular weight excluding hydrogens is 465 g/mol. The fourth-order valence-electron chi connectivity index (χ4n) is 4.60. The lowest BCUT2D eigenvalue weighted by molar-refractivity contribution is 0.0643. The maximum atomic E-state index is 14.6. The number of fused-ring (bicyclic) bond motifs is 2. The van der Waals surface area contributed by atoms with Crippen LogP contribution in [0.3, 0.4) is 0 Å². The molecule has 0 bridgehead atoms. The fourth-order valence-corrected chi connectivity index (χ4v) is 5.94. The Bertz CT molecular complexity index is 1320. The van der Waals surface area contributed by atoms with Crippen molar-refractivity contribution in [2.75, 3.05) is 37.6 Å². The first-order valence-corrected chi connectivity index (χ1v) is 12.8. The minimum atomic E-state index is -1.63. The van der Waals surface area contributed by atoms with E-state index in [1.165, 1.54) is 11.0 Å². The Morgan fingerprint density at radius 2 is 1.66 bits per heavy atom. The highest BCUT2D eigenvalue weighted by molar-refractivity contribution is 7.85. The first-order valence-electron chi connectivity index (χ1n) is 11.7. The molecule has 0 radical (unpaired) electrons. The number of halogens is 1. The Morgan fingerprint density at radius 1 is 0.943 bits per heavy atom. The third kappa shape index (κ3) is 4.39. The van der Waals surface area contributed by atoms with E-state index in [9.17, 15) is 18.2 Å². The lowest BCUT2D eigenvalue weighted by atomic mass is 10.1. The summed E-state index contributed by atoms with van der Waals surface area (Å²) in [5.74, 6) is -0.937. The number of likely N-dealkylation sites (N-methyl/N-ethyl adjacent to an activating group) is 1. The van der Waals surface area contributed by atoms with Crippen molar-refractivity contribution in [2.24, 2.45) is 0 Å². The number of rotatable bonds is 4. The number of anilines is 1. The SMILES string of the molecule is CCN1CCN(C(=O)c2ccc3c(c2)N(Cc2ccccc2F)C(=O)c2ccccc2[S@]3=O)CC1. The highest BCUT2D eigenvalue weighted by atomic mass is 32.2. The second-order valence-corrected chi connectivity index (χ2v) is 10.1. The largest absolute Gasteiger partial charge is 0.336 e. The molecule has 3 aromatic carbocycles. The number of carbonyl (C=O) groups is 2. The molecule has 2 heterocycles. The van der Waals surface area contributed by atoms with Crippen LogP contribution in [0.4, 0.5) is 10.1 Å². The van der Waals surface area contributed by atoms with Gasteiger partial charge in [-0.3, -0.25) is 9.59 Å². The summed E-state index contributed by atoms with van der Waals surface area (Å²) in [6, 6.07) is 18.0. The van der Waals surface area contributed by atoms with Crippen LogP contribution in [-0.2, 0) is 17.3 Å². The standard InChI is InChI=1S/C27H26FN3O3S/c1-2-29-13-15-30(16-14-29)26(32)19-11-12-25-23(17-19)31(18-20-7-3-5-9-22(20)28)27(33)21-8-4-6-10-24(21)35(25)34/h3-12,17H,2,13-16,18H2,1H3/t35-/m1/s1. The van der Waals surface area contributed by atoms with Crippen molar-refractivity contribution in [3.8, 4) is 0 Å². The summed E-state index contributed by atoms with van der Waals surface area (Å²) in [5.41, 5.74) is 1.43. The van der Waals surface area contributed by atoms with Crippen LogP contribution in [0.25, 0.3) is 0 Å². The summed E-state index contributed by atoms with van der Waals surface area (Å²) in [7, 11) is -1.63. The molecule has 5 rings (SSSR count). The third-order valence-corrected chi connectivity index (χ3v) is 8.15. The summed E-state index contributed by atoms with van der Waals surface area (Å²) < 4.78 is 28.1. The van der Waals surface area contributed by atoms with Crippen molar-refractivity contribution in [1.82, 2.24) is 9.80 Å². The summed E-state index contributed by atoms with van der Waals surface area (Å²) in [6.45, 7) is 5.87. The first-order chi connectivity index (χ1) is 17.0. The number of hydrogen-bond donors (Lipinski definition) is 0. The Kier molecular flexibility index (Phi) is 6.49. The molecule has 0 N–H and O–H groups in total. The average Bonchev–Trinajstić information content (AvgIpc) is 2.98. The van der Waals surface area contributed by atoms with Gasteiger partial charge in [-0.1, -0.05) is 37.3 Å². The molecule has 1 fully saturated rings. The maximum Gasteiger partial charge on any atom is 0.259 e. The molecule has 0 aromatic heterocycles. The molecule has 6 nitrogen and oxygen atoms in total. The van der Waals surface area contributed by atoms with Gasteiger partial charge in [0, 0.05) is 37.3 Å². The number of amides is 2. The van der Waals surface area contributed by atoms with Gasteiger partial charge in [0.25, 0.3) is 11.8 Å². The maximum absolute atomic E-state index is 14.6. The molecule has 180 valence electrons. The Balaban J connectivity index is 1.58. The van der Waals surface area contributed by atoms with Crippen LogP contribution in [0.2, 0.25) is 0 Å². The van der Waals surface area contributed by atoms with Gasteiger partial charge in [-0.15, -0.1) is 0 Å². The minimum Gasteiger partial charge on any atom is -0.336 e. The van der Waals surface area contributed by atoms with Gasteiger partial charge in [0.1, 0.15) is 5.82 Å². The molecule has 0 saturated carbocycles. The van der Waals surface area contributed by atoms with E-state index in [1.807, 2.05) is 0 Å². The number of nitrogens with zero attached hydrogens (tertiary/aromatic N) is 3. The molecule has 0 aliphatic carbocycles. The zero-order valence-corrected chi connectivity index (χ0v) is 20.3. The summed E-state index contributed by atoms with van der Waals surface area (Å²) in [5, 5.41) is 0. The zero-order chi connectivity index (χ0) is 24.5. The second kappa shape index (κ2) is 9.71. The van der Waals surface area contributed by atoms with Crippen molar-refractivity contribution < 1.29 is 18.2 Å². The Labute approximate surface area is 206 Å². The van der Waals surface area contributed by atoms with Crippen LogP contribution in [-0.4, -0.2) is 58.5 Å². The molecule has 35 heavy (non-hydrogen) atoms. The van der Waals surface area contributed by atoms with Crippen LogP contribution < -0.4 is 4.90 Å². The number of benzene rings is 3. The zero-order valence-electron chi connectivity index (χ0n) is 19.4. The lowest BCUT2D eigenvalue weighted by Gasteiger charge is -2.34. The van der Waals surface area contributed by atoms with Crippen molar-refractivity contribution in [3.05, 3.63) is 89.2 Å². The van der Waals surface area contributed by atoms with Crippen LogP contribution >= 0.6 is 0 Å². The average molecular weight is 492 g/mol. The molecule has 2 amide bonds. The van der Waals surface area contributed by atoms with Gasteiger partial charge in [-0.2, -0.15) is 0 Å². The van der Waals surface area contributed by atoms with Crippen molar-refractivity contribution >= 4 is 28.3 Å². The highest BCUT2D eigenvalue weighted by Gasteiger charge is 2.32. The van der Waals surface area contributed by atoms with E-state index in [2.05, 4.69) is 11.8 Å². The molecule has 1 atom stereocenters. The fraction of sp³-hybridized carbons (Fsp3) is 0.259. The van der Waals surface area contributed by atoms with Crippen molar-refractivity contribution in [3.63, 3.8) is 0 Å². The summed E-state index contributed by atoms with van der Waals surface area (Å²) in [4.78, 5) is 33.4. The molecule has 0 unspecified atom stereocenters. The van der Waals surface area contributed by atoms with Crippen LogP contribution in [0.1, 0.15) is 33.2 Å². The first kappa shape index (κ1) is 23.4. The number of piperazine rings is 1. The molecule has 1 saturated heterocycles. The van der Waals surface area contributed by atoms with E-state index in [0.29, 0.717) is 45.3 Å². The van der Waals surface area contributed by atoms with Crippen molar-refractivity contribution in [2.45, 2.75) is 23.3 Å². The molecule has 3 aromatic rings. The van der Waals surface area contributed by atoms with Gasteiger partial charge >= 0.3 is 0 Å². The number of carbonyl (C=O) groups excluding carboxylic acids is 2. The van der Waals surface area contributed by atoms with Crippen LogP contribution in [0.5, 0.6) is 0 Å². The predicted molar refractivity (Wildman–Crippen MR) is 132 cm³/mol. The predicted octanol–water partition coefficient (Wildman–Crippen LogP) is 3.93. The van der Waals surface area contributed by atoms with E-state index in [-0.39, 0.29) is 18.4 Å². The summed E-state index contributed by atoms with van der Waals surface area (Å²) in [6.07, 6.45) is 0. The minimum absolute atomic E-state index is 0.0448. The van der Waals surface area contributed by atoms with Gasteiger partial charge in [-0.05, 0) is 42.9 Å². The van der Waals surface area contributed by atoms with Gasteiger partial charge < -0.3 is 14.7 Å². The lowest BCUT2D eigenvalue weighted by Crippen LogP contribution is -2.48. The number of hydrogen-bond acceptors (Lipinski definition) is 4. The van der Waals surface area contributed by atoms with Gasteiger partial charge in [0.15, 0.2) is 0 Å². The van der Waals surface area contributed by atoms with E-state index < -0.39 is 16.6 Å². The monoisotopic (exact) mass is 491 g/mol. The van der Waals surface area contributed by atoms with E-state index in [1.54, 1.807) is 65.6 Å². The topological polar surface area (TPSA) is 60.9 Å². The van der Waals surface area contributed by atoms with Crippen LogP contribution in [0, 0.1) is 5.82 Å². The van der Waals surface area contributed by atoms with Crippen molar-refractivity contribution in [1.29, 1.82) is 0 Å². The molecular formula is C27H26FN3O3S. The highest BCUT2D eigenvalue weighted by Crippen LogP contribution is 2.36. The summed E-state index contributed by atoms with van der Waals surface area (Å²) >= 11 is 0. The van der Waals surface area contributed by atoms with E-state index in [0.717, 1.165) is 19.6 Å². The second-order valence-electron chi connectivity index (χ2n) is 8.66. The smallest absolute Gasteiger partial charge is 0.259 e. The Morgan fingerprint density at radius 3 is 2.40 bits per heavy atom. The molecule has 8 heteroatoms. The van der Waals surface area contributed by atoms with Gasteiger partial charge in [0.05, 0.1) is 38.4 Å². The molecule has 2 aliphatic rings. The quantitative estimate of drug-likeness (QED) is 0.555. The third-order valence-electron chi connectivity index (χ3n) is 6.65. The molecule has 0 spiro atoms. The van der Waals surface area contributed by atoms with Crippen LogP contribution in [0.15, 0.2) is 76.5 Å². The van der Waals surface area contributed by atoms with Gasteiger partial charge in [0.2, 0.25) is 0 Å². The van der Waals surface area contributed by atoms with E-state index in [4.69, 9.17) is 0 Å². The van der Waals surface area contributed by atoms with E-state index >= 15 is 0 Å². The Hall–Kier alpha value is -3.36. The van der Waals surface area contributed by atoms with Gasteiger partial charge in [-0.25, -0.2) is 8.60 Å².